The topological polar surface area (TPSA) is 90.5 Å². The molecule has 1 amide bonds. The molecule has 2 heterocycles. The SMILES string of the molecule is NCC1CN(c2ccc(-n3cc(C=O)cn3)c(F)c2)C(=O)O1. The summed E-state index contributed by atoms with van der Waals surface area (Å²) in [7, 11) is 0. The maximum Gasteiger partial charge on any atom is 0.414 e. The molecule has 1 aliphatic heterocycles. The molecule has 7 nitrogen and oxygen atoms in total. The van der Waals surface area contributed by atoms with Crippen molar-refractivity contribution in [2.75, 3.05) is 18.0 Å². The average Bonchev–Trinajstić information content (AvgIpc) is 3.13. The van der Waals surface area contributed by atoms with E-state index in [4.69, 9.17) is 10.5 Å². The van der Waals surface area contributed by atoms with Crippen LogP contribution in [0.25, 0.3) is 5.69 Å². The first kappa shape index (κ1) is 14.2. The molecule has 1 atom stereocenters. The molecule has 0 radical (unpaired) electrons. The number of halogens is 1. The van der Waals surface area contributed by atoms with Crippen molar-refractivity contribution < 1.29 is 18.7 Å². The number of anilines is 1. The van der Waals surface area contributed by atoms with E-state index in [-0.39, 0.29) is 18.8 Å². The summed E-state index contributed by atoms with van der Waals surface area (Å²) < 4.78 is 20.5. The van der Waals surface area contributed by atoms with E-state index < -0.39 is 18.0 Å². The zero-order chi connectivity index (χ0) is 15.7. The molecule has 1 unspecified atom stereocenters. The number of carbonyl (C=O) groups excluding carboxylic acids is 2. The standard InChI is InChI=1S/C14H13FN4O3/c15-12-3-10(18-7-11(4-16)22-14(18)21)1-2-13(12)19-6-9(8-20)5-17-19/h1-3,5-6,8,11H,4,7,16H2. The molecular formula is C14H13FN4O3. The Labute approximate surface area is 125 Å². The number of hydrogen-bond acceptors (Lipinski definition) is 5. The minimum Gasteiger partial charge on any atom is -0.443 e. The zero-order valence-electron chi connectivity index (χ0n) is 11.5. The third-order valence-corrected chi connectivity index (χ3v) is 3.37. The Morgan fingerprint density at radius 3 is 2.91 bits per heavy atom. The highest BCUT2D eigenvalue weighted by Gasteiger charge is 2.31. The molecule has 0 spiro atoms. The number of carbonyl (C=O) groups is 2. The van der Waals surface area contributed by atoms with Crippen LogP contribution in [-0.4, -0.2) is 41.4 Å². The number of nitrogens with two attached hydrogens (primary N) is 1. The lowest BCUT2D eigenvalue weighted by Gasteiger charge is -2.14. The number of hydrogen-bond donors (Lipinski definition) is 1. The summed E-state index contributed by atoms with van der Waals surface area (Å²) in [5, 5.41) is 3.91. The molecule has 2 N–H and O–H groups in total. The molecule has 0 bridgehead atoms. The fraction of sp³-hybridized carbons (Fsp3) is 0.214. The predicted molar refractivity (Wildman–Crippen MR) is 75.6 cm³/mol. The van der Waals surface area contributed by atoms with Gasteiger partial charge in [-0.1, -0.05) is 0 Å². The normalized spacial score (nSPS) is 17.6. The van der Waals surface area contributed by atoms with Gasteiger partial charge in [0.05, 0.1) is 24.0 Å². The molecule has 1 saturated heterocycles. The molecule has 22 heavy (non-hydrogen) atoms. The fourth-order valence-corrected chi connectivity index (χ4v) is 2.23. The highest BCUT2D eigenvalue weighted by atomic mass is 19.1. The van der Waals surface area contributed by atoms with Gasteiger partial charge in [0.15, 0.2) is 12.1 Å². The first-order valence-corrected chi connectivity index (χ1v) is 6.60. The molecule has 1 aromatic carbocycles. The van der Waals surface area contributed by atoms with Gasteiger partial charge in [0.25, 0.3) is 0 Å². The summed E-state index contributed by atoms with van der Waals surface area (Å²) >= 11 is 0. The van der Waals surface area contributed by atoms with Crippen LogP contribution in [0.2, 0.25) is 0 Å². The van der Waals surface area contributed by atoms with Crippen LogP contribution in [-0.2, 0) is 4.74 Å². The van der Waals surface area contributed by atoms with Gasteiger partial charge in [-0.2, -0.15) is 5.10 Å². The van der Waals surface area contributed by atoms with E-state index in [2.05, 4.69) is 5.10 Å². The molecule has 3 rings (SSSR count). The Morgan fingerprint density at radius 1 is 1.50 bits per heavy atom. The number of rotatable bonds is 4. The maximum absolute atomic E-state index is 14.3. The lowest BCUT2D eigenvalue weighted by atomic mass is 10.2. The minimum absolute atomic E-state index is 0.180. The first-order valence-electron chi connectivity index (χ1n) is 6.60. The number of cyclic esters (lactones) is 1. The Kier molecular flexibility index (Phi) is 3.60. The lowest BCUT2D eigenvalue weighted by molar-refractivity contribution is 0.112. The van der Waals surface area contributed by atoms with E-state index >= 15 is 0 Å². The summed E-state index contributed by atoms with van der Waals surface area (Å²) in [5.41, 5.74) is 6.37. The molecule has 0 aliphatic carbocycles. The van der Waals surface area contributed by atoms with Gasteiger partial charge in [-0.25, -0.2) is 13.9 Å². The van der Waals surface area contributed by atoms with Crippen LogP contribution in [0, 0.1) is 5.82 Å². The average molecular weight is 304 g/mol. The van der Waals surface area contributed by atoms with Crippen LogP contribution in [0.5, 0.6) is 0 Å². The van der Waals surface area contributed by atoms with E-state index in [0.29, 0.717) is 17.5 Å². The van der Waals surface area contributed by atoms with Crippen LogP contribution in [0.4, 0.5) is 14.9 Å². The van der Waals surface area contributed by atoms with Crippen LogP contribution < -0.4 is 10.6 Å². The molecule has 2 aromatic rings. The molecule has 1 aliphatic rings. The summed E-state index contributed by atoms with van der Waals surface area (Å²) in [5.74, 6) is -0.568. The summed E-state index contributed by atoms with van der Waals surface area (Å²) in [6, 6.07) is 4.29. The second kappa shape index (κ2) is 5.57. The highest BCUT2D eigenvalue weighted by Crippen LogP contribution is 2.25. The quantitative estimate of drug-likeness (QED) is 0.854. The lowest BCUT2D eigenvalue weighted by Crippen LogP contribution is -2.27. The first-order chi connectivity index (χ1) is 10.6. The molecule has 1 aromatic heterocycles. The zero-order valence-corrected chi connectivity index (χ0v) is 11.5. The van der Waals surface area contributed by atoms with Crippen molar-refractivity contribution >= 4 is 18.1 Å². The number of ether oxygens (including phenoxy) is 1. The number of benzene rings is 1. The van der Waals surface area contributed by atoms with E-state index in [1.165, 1.54) is 34.1 Å². The fourth-order valence-electron chi connectivity index (χ4n) is 2.23. The Bertz CT molecular complexity index is 731. The second-order valence-electron chi connectivity index (χ2n) is 4.82. The van der Waals surface area contributed by atoms with Crippen molar-refractivity contribution in [2.45, 2.75) is 6.10 Å². The van der Waals surface area contributed by atoms with Gasteiger partial charge < -0.3 is 10.5 Å². The summed E-state index contributed by atoms with van der Waals surface area (Å²) in [6.45, 7) is 0.496. The van der Waals surface area contributed by atoms with Gasteiger partial charge in [0.2, 0.25) is 0 Å². The van der Waals surface area contributed by atoms with Crippen LogP contribution >= 0.6 is 0 Å². The van der Waals surface area contributed by atoms with Crippen LogP contribution in [0.15, 0.2) is 30.6 Å². The van der Waals surface area contributed by atoms with E-state index in [0.717, 1.165) is 0 Å². The number of nitrogens with zero attached hydrogens (tertiary/aromatic N) is 3. The summed E-state index contributed by atoms with van der Waals surface area (Å²) in [6.07, 6.45) is 2.44. The van der Waals surface area contributed by atoms with Gasteiger partial charge in [0, 0.05) is 12.7 Å². The van der Waals surface area contributed by atoms with Gasteiger partial charge in [-0.3, -0.25) is 9.69 Å². The second-order valence-corrected chi connectivity index (χ2v) is 4.82. The number of aldehydes is 1. The van der Waals surface area contributed by atoms with Crippen molar-refractivity contribution in [3.05, 3.63) is 42.0 Å². The Morgan fingerprint density at radius 2 is 2.32 bits per heavy atom. The van der Waals surface area contributed by atoms with Crippen molar-refractivity contribution in [2.24, 2.45) is 5.73 Å². The van der Waals surface area contributed by atoms with E-state index in [1.54, 1.807) is 6.07 Å². The smallest absolute Gasteiger partial charge is 0.414 e. The predicted octanol–water partition coefficient (Wildman–Crippen LogP) is 1.11. The minimum atomic E-state index is -0.568. The largest absolute Gasteiger partial charge is 0.443 e. The van der Waals surface area contributed by atoms with Crippen LogP contribution in [0.1, 0.15) is 10.4 Å². The van der Waals surface area contributed by atoms with Crippen molar-refractivity contribution in [3.63, 3.8) is 0 Å². The third-order valence-electron chi connectivity index (χ3n) is 3.37. The monoisotopic (exact) mass is 304 g/mol. The molecule has 114 valence electrons. The molecule has 8 heteroatoms. The number of aromatic nitrogens is 2. The molecule has 1 fully saturated rings. The van der Waals surface area contributed by atoms with Gasteiger partial charge in [0.1, 0.15) is 11.8 Å². The van der Waals surface area contributed by atoms with Gasteiger partial charge in [-0.05, 0) is 18.2 Å². The van der Waals surface area contributed by atoms with E-state index in [9.17, 15) is 14.0 Å². The Balaban J connectivity index is 1.89. The van der Waals surface area contributed by atoms with Crippen molar-refractivity contribution in [1.29, 1.82) is 0 Å². The van der Waals surface area contributed by atoms with Crippen molar-refractivity contribution in [1.82, 2.24) is 9.78 Å². The van der Waals surface area contributed by atoms with E-state index in [1.807, 2.05) is 0 Å². The summed E-state index contributed by atoms with van der Waals surface area (Å²) in [4.78, 5) is 23.7. The molecule has 0 saturated carbocycles. The van der Waals surface area contributed by atoms with Gasteiger partial charge >= 0.3 is 6.09 Å². The maximum atomic E-state index is 14.3. The number of amides is 1. The highest BCUT2D eigenvalue weighted by molar-refractivity contribution is 5.89. The van der Waals surface area contributed by atoms with Crippen LogP contribution in [0.3, 0.4) is 0 Å². The van der Waals surface area contributed by atoms with Crippen molar-refractivity contribution in [3.8, 4) is 5.69 Å². The molecular weight excluding hydrogens is 291 g/mol. The van der Waals surface area contributed by atoms with Gasteiger partial charge in [-0.15, -0.1) is 0 Å². The third kappa shape index (κ3) is 2.44. The Hall–Kier alpha value is -2.74.